The number of rotatable bonds is 14. The maximum Gasteiger partial charge on any atom is 0.242 e. The summed E-state index contributed by atoms with van der Waals surface area (Å²) in [6.07, 6.45) is 1.73. The summed E-state index contributed by atoms with van der Waals surface area (Å²) in [7, 11) is -2.41. The largest absolute Gasteiger partial charge is 0.488 e. The number of likely N-dealkylation sites (N-methyl/N-ethyl adjacent to an activating group) is 1. The number of unbranched alkanes of at least 4 members (excludes halogenated alkanes) is 2. The number of para-hydroxylation sites is 2. The van der Waals surface area contributed by atoms with Gasteiger partial charge in [0.1, 0.15) is 11.9 Å². The van der Waals surface area contributed by atoms with Crippen molar-refractivity contribution in [1.29, 1.82) is 0 Å². The van der Waals surface area contributed by atoms with Crippen molar-refractivity contribution < 1.29 is 32.6 Å². The molecular formula is C36H46ClN5O7S. The lowest BCUT2D eigenvalue weighted by Gasteiger charge is -2.33. The molecule has 270 valence electrons. The van der Waals surface area contributed by atoms with Gasteiger partial charge in [0.15, 0.2) is 0 Å². The Balaban J connectivity index is 1.41. The van der Waals surface area contributed by atoms with Crippen LogP contribution in [0.5, 0.6) is 5.75 Å². The minimum Gasteiger partial charge on any atom is -0.488 e. The third-order valence-electron chi connectivity index (χ3n) is 8.70. The monoisotopic (exact) mass is 727 g/mol. The molecule has 3 atom stereocenters. The molecule has 12 nitrogen and oxygen atoms in total. The van der Waals surface area contributed by atoms with E-state index in [1.54, 1.807) is 54.3 Å². The van der Waals surface area contributed by atoms with E-state index >= 15 is 0 Å². The minimum absolute atomic E-state index is 0.0123. The fraction of sp³-hybridized carbons (Fsp3) is 0.417. The number of hydrogen-bond acceptors (Lipinski definition) is 8. The third kappa shape index (κ3) is 10.4. The molecule has 0 saturated carbocycles. The third-order valence-corrected chi connectivity index (χ3v) is 10.8. The van der Waals surface area contributed by atoms with Crippen LogP contribution in [0.25, 0.3) is 0 Å². The van der Waals surface area contributed by atoms with E-state index in [2.05, 4.69) is 10.6 Å². The van der Waals surface area contributed by atoms with Gasteiger partial charge in [-0.3, -0.25) is 14.4 Å². The van der Waals surface area contributed by atoms with Gasteiger partial charge in [-0.05, 0) is 74.4 Å². The number of anilines is 3. The normalized spacial score (nSPS) is 17.2. The Morgan fingerprint density at radius 3 is 2.36 bits per heavy atom. The molecule has 3 aromatic rings. The molecule has 3 aromatic carbocycles. The highest BCUT2D eigenvalue weighted by Crippen LogP contribution is 2.30. The molecule has 1 aliphatic rings. The zero-order chi connectivity index (χ0) is 36.4. The lowest BCUT2D eigenvalue weighted by atomic mass is 10.0. The van der Waals surface area contributed by atoms with Crippen molar-refractivity contribution in [3.63, 3.8) is 0 Å². The van der Waals surface area contributed by atoms with Gasteiger partial charge in [-0.15, -0.1) is 0 Å². The van der Waals surface area contributed by atoms with Crippen molar-refractivity contribution >= 4 is 56.4 Å². The molecule has 5 N–H and O–H groups in total. The summed E-state index contributed by atoms with van der Waals surface area (Å²) in [6.45, 7) is 3.60. The number of carbonyl (C=O) groups is 3. The molecule has 0 aromatic heterocycles. The maximum atomic E-state index is 13.6. The highest BCUT2D eigenvalue weighted by molar-refractivity contribution is 7.89. The van der Waals surface area contributed by atoms with Crippen molar-refractivity contribution in [3.8, 4) is 5.75 Å². The number of carbonyl (C=O) groups excluding carboxylic acids is 3. The summed E-state index contributed by atoms with van der Waals surface area (Å²) in [5, 5.41) is 16.0. The van der Waals surface area contributed by atoms with E-state index in [1.807, 2.05) is 6.92 Å². The van der Waals surface area contributed by atoms with Gasteiger partial charge < -0.3 is 31.1 Å². The van der Waals surface area contributed by atoms with Gasteiger partial charge in [0, 0.05) is 48.6 Å². The Bertz CT molecular complexity index is 1760. The first kappa shape index (κ1) is 38.6. The zero-order valence-electron chi connectivity index (χ0n) is 28.6. The molecule has 4 rings (SSSR count). The number of halogens is 1. The standard InChI is InChI=1S/C36H46ClN5O7S/c1-24-21-42(25(2)23-43)36(46)20-26-19-28(39-34(44)11-5-4-6-12-35(45)40-31-10-8-7-9-30(31)38)15-18-32(26)49-33(24)22-41(3)50(47,48)29-16-13-27(37)14-17-29/h7-10,13-19,24-25,33,43H,4-6,11-12,20-23,38H2,1-3H3,(H,39,44)(H,40,45)/t24-,25-,33+/m0/s1. The van der Waals surface area contributed by atoms with Gasteiger partial charge >= 0.3 is 0 Å². The van der Waals surface area contributed by atoms with E-state index in [4.69, 9.17) is 22.1 Å². The second kappa shape index (κ2) is 17.7. The van der Waals surface area contributed by atoms with E-state index in [-0.39, 0.29) is 61.1 Å². The van der Waals surface area contributed by atoms with Crippen LogP contribution in [0.4, 0.5) is 17.1 Å². The predicted molar refractivity (Wildman–Crippen MR) is 194 cm³/mol. The van der Waals surface area contributed by atoms with E-state index in [9.17, 15) is 27.9 Å². The molecule has 0 bridgehead atoms. The molecule has 0 fully saturated rings. The highest BCUT2D eigenvalue weighted by atomic mass is 35.5. The Morgan fingerprint density at radius 1 is 1.04 bits per heavy atom. The molecule has 0 spiro atoms. The van der Waals surface area contributed by atoms with Crippen LogP contribution in [0.2, 0.25) is 5.02 Å². The predicted octanol–water partition coefficient (Wildman–Crippen LogP) is 4.92. The Hall–Kier alpha value is -4.17. The first-order valence-electron chi connectivity index (χ1n) is 16.6. The van der Waals surface area contributed by atoms with Gasteiger partial charge in [-0.2, -0.15) is 4.31 Å². The van der Waals surface area contributed by atoms with Crippen molar-refractivity contribution in [2.75, 3.05) is 43.1 Å². The Morgan fingerprint density at radius 2 is 1.70 bits per heavy atom. The van der Waals surface area contributed by atoms with Crippen molar-refractivity contribution in [2.45, 2.75) is 69.4 Å². The summed E-state index contributed by atoms with van der Waals surface area (Å²) in [5.41, 5.74) is 7.96. The first-order chi connectivity index (χ1) is 23.8. The van der Waals surface area contributed by atoms with Crippen molar-refractivity contribution in [1.82, 2.24) is 9.21 Å². The number of amides is 3. The Kier molecular flexibility index (Phi) is 13.6. The second-order valence-corrected chi connectivity index (χ2v) is 15.2. The molecule has 0 radical (unpaired) electrons. The van der Waals surface area contributed by atoms with Gasteiger partial charge in [-0.25, -0.2) is 8.42 Å². The van der Waals surface area contributed by atoms with Crippen LogP contribution in [0, 0.1) is 5.92 Å². The summed E-state index contributed by atoms with van der Waals surface area (Å²) in [6, 6.07) is 17.5. The van der Waals surface area contributed by atoms with E-state index in [0.717, 1.165) is 0 Å². The van der Waals surface area contributed by atoms with Gasteiger partial charge in [-0.1, -0.05) is 37.1 Å². The summed E-state index contributed by atoms with van der Waals surface area (Å²) >= 11 is 5.97. The molecule has 50 heavy (non-hydrogen) atoms. The summed E-state index contributed by atoms with van der Waals surface area (Å²) in [4.78, 5) is 40.3. The zero-order valence-corrected chi connectivity index (χ0v) is 30.2. The molecule has 0 saturated heterocycles. The quantitative estimate of drug-likeness (QED) is 0.134. The topological polar surface area (TPSA) is 171 Å². The van der Waals surface area contributed by atoms with Crippen LogP contribution in [0.1, 0.15) is 51.5 Å². The highest BCUT2D eigenvalue weighted by Gasteiger charge is 2.33. The van der Waals surface area contributed by atoms with E-state index in [0.29, 0.717) is 59.1 Å². The number of sulfonamides is 1. The van der Waals surface area contributed by atoms with E-state index in [1.165, 1.54) is 35.6 Å². The van der Waals surface area contributed by atoms with Crippen molar-refractivity contribution in [3.05, 3.63) is 77.3 Å². The Labute approximate surface area is 299 Å². The fourth-order valence-electron chi connectivity index (χ4n) is 5.66. The molecule has 0 unspecified atom stereocenters. The lowest BCUT2D eigenvalue weighted by molar-refractivity contribution is -0.134. The number of hydrogen-bond donors (Lipinski definition) is 4. The minimum atomic E-state index is -3.88. The molecule has 3 amide bonds. The van der Waals surface area contributed by atoms with Gasteiger partial charge in [0.2, 0.25) is 27.7 Å². The number of aliphatic hydroxyl groups is 1. The van der Waals surface area contributed by atoms with Crippen LogP contribution >= 0.6 is 11.6 Å². The van der Waals surface area contributed by atoms with Crippen LogP contribution in [0.15, 0.2) is 71.6 Å². The summed E-state index contributed by atoms with van der Waals surface area (Å²) < 4.78 is 34.5. The number of nitrogens with two attached hydrogens (primary N) is 1. The van der Waals surface area contributed by atoms with E-state index < -0.39 is 22.2 Å². The van der Waals surface area contributed by atoms with Crippen LogP contribution in [-0.4, -0.2) is 79.3 Å². The van der Waals surface area contributed by atoms with Crippen LogP contribution in [-0.2, 0) is 30.8 Å². The lowest BCUT2D eigenvalue weighted by Crippen LogP contribution is -2.48. The van der Waals surface area contributed by atoms with Gasteiger partial charge in [0.25, 0.3) is 0 Å². The number of aliphatic hydroxyl groups excluding tert-OH is 1. The number of fused-ring (bicyclic) bond motifs is 1. The number of nitrogen functional groups attached to an aromatic ring is 1. The molecule has 0 aliphatic carbocycles. The number of ether oxygens (including phenoxy) is 1. The fourth-order valence-corrected chi connectivity index (χ4v) is 6.97. The number of nitrogens with zero attached hydrogens (tertiary/aromatic N) is 2. The first-order valence-corrected chi connectivity index (χ1v) is 18.5. The summed E-state index contributed by atoms with van der Waals surface area (Å²) in [5.74, 6) is -0.492. The number of nitrogens with one attached hydrogen (secondary N) is 2. The molecule has 1 aliphatic heterocycles. The second-order valence-electron chi connectivity index (χ2n) is 12.7. The molecule has 14 heteroatoms. The average molecular weight is 728 g/mol. The average Bonchev–Trinajstić information content (AvgIpc) is 3.12. The maximum absolute atomic E-state index is 13.6. The van der Waals surface area contributed by atoms with Crippen molar-refractivity contribution in [2.24, 2.45) is 5.92 Å². The smallest absolute Gasteiger partial charge is 0.242 e. The van der Waals surface area contributed by atoms with Crippen LogP contribution < -0.4 is 21.1 Å². The molecule has 1 heterocycles. The van der Waals surface area contributed by atoms with Crippen LogP contribution in [0.3, 0.4) is 0 Å². The number of benzene rings is 3. The SMILES string of the molecule is C[C@H]1CN([C@@H](C)CO)C(=O)Cc2cc(NC(=O)CCCCCC(=O)Nc3ccccc3N)ccc2O[C@@H]1CN(C)S(=O)(=O)c1ccc(Cl)cc1. The van der Waals surface area contributed by atoms with Gasteiger partial charge in [0.05, 0.1) is 41.9 Å². The molecular weight excluding hydrogens is 682 g/mol.